The SMILES string of the molecule is CC(C)n1cc(Oc2ccc(C(=N)N)cc2F)cn1. The Morgan fingerprint density at radius 2 is 2.21 bits per heavy atom. The van der Waals surface area contributed by atoms with Gasteiger partial charge in [0.05, 0.1) is 12.4 Å². The molecule has 6 heteroatoms. The maximum absolute atomic E-state index is 13.8. The Balaban J connectivity index is 2.20. The van der Waals surface area contributed by atoms with Gasteiger partial charge in [0.1, 0.15) is 5.84 Å². The summed E-state index contributed by atoms with van der Waals surface area (Å²) in [5.74, 6) is -0.209. The number of aromatic nitrogens is 2. The number of hydrogen-bond acceptors (Lipinski definition) is 3. The summed E-state index contributed by atoms with van der Waals surface area (Å²) in [6, 6.07) is 4.36. The molecule has 0 spiro atoms. The van der Waals surface area contributed by atoms with Crippen LogP contribution in [0.5, 0.6) is 11.5 Å². The first kappa shape index (κ1) is 13.1. The number of nitrogens with one attached hydrogen (secondary N) is 1. The van der Waals surface area contributed by atoms with Crippen molar-refractivity contribution in [3.63, 3.8) is 0 Å². The smallest absolute Gasteiger partial charge is 0.166 e. The second-order valence-electron chi connectivity index (χ2n) is 4.41. The van der Waals surface area contributed by atoms with Crippen molar-refractivity contribution in [3.8, 4) is 11.5 Å². The molecule has 3 N–H and O–H groups in total. The molecule has 0 saturated carbocycles. The highest BCUT2D eigenvalue weighted by molar-refractivity contribution is 5.95. The molecule has 0 aliphatic carbocycles. The zero-order valence-electron chi connectivity index (χ0n) is 10.7. The van der Waals surface area contributed by atoms with E-state index in [4.69, 9.17) is 15.9 Å². The average Bonchev–Trinajstić information content (AvgIpc) is 2.80. The van der Waals surface area contributed by atoms with Crippen molar-refractivity contribution in [2.75, 3.05) is 0 Å². The van der Waals surface area contributed by atoms with Gasteiger partial charge in [0.2, 0.25) is 0 Å². The number of nitrogens with zero attached hydrogens (tertiary/aromatic N) is 2. The summed E-state index contributed by atoms with van der Waals surface area (Å²) < 4.78 is 20.9. The van der Waals surface area contributed by atoms with Crippen molar-refractivity contribution < 1.29 is 9.13 Å². The standard InChI is InChI=1S/C13H15FN4O/c1-8(2)18-7-10(6-17-18)19-12-4-3-9(13(15)16)5-11(12)14/h3-8H,1-2H3,(H3,15,16). The first-order chi connectivity index (χ1) is 8.97. The lowest BCUT2D eigenvalue weighted by Gasteiger charge is -2.06. The minimum absolute atomic E-state index is 0.0771. The molecule has 0 aliphatic rings. The highest BCUT2D eigenvalue weighted by atomic mass is 19.1. The van der Waals surface area contributed by atoms with Gasteiger partial charge in [-0.05, 0) is 32.0 Å². The molecule has 5 nitrogen and oxygen atoms in total. The maximum atomic E-state index is 13.8. The van der Waals surface area contributed by atoms with E-state index in [9.17, 15) is 4.39 Å². The Labute approximate surface area is 110 Å². The van der Waals surface area contributed by atoms with Crippen molar-refractivity contribution in [1.29, 1.82) is 5.41 Å². The predicted molar refractivity (Wildman–Crippen MR) is 70.1 cm³/mol. The van der Waals surface area contributed by atoms with E-state index in [1.165, 1.54) is 24.4 Å². The molecule has 2 aromatic rings. The first-order valence-corrected chi connectivity index (χ1v) is 5.83. The van der Waals surface area contributed by atoms with Crippen LogP contribution < -0.4 is 10.5 Å². The van der Waals surface area contributed by atoms with Gasteiger partial charge >= 0.3 is 0 Å². The molecule has 1 aromatic heterocycles. The van der Waals surface area contributed by atoms with E-state index in [0.29, 0.717) is 11.3 Å². The Bertz CT molecular complexity index is 606. The van der Waals surface area contributed by atoms with Gasteiger partial charge in [0, 0.05) is 11.6 Å². The quantitative estimate of drug-likeness (QED) is 0.657. The van der Waals surface area contributed by atoms with Crippen molar-refractivity contribution in [1.82, 2.24) is 9.78 Å². The van der Waals surface area contributed by atoms with Gasteiger partial charge < -0.3 is 10.5 Å². The van der Waals surface area contributed by atoms with Crippen molar-refractivity contribution in [3.05, 3.63) is 42.0 Å². The fourth-order valence-corrected chi connectivity index (χ4v) is 1.53. The molecule has 0 amide bonds. The summed E-state index contributed by atoms with van der Waals surface area (Å²) >= 11 is 0. The third-order valence-electron chi connectivity index (χ3n) is 2.58. The first-order valence-electron chi connectivity index (χ1n) is 5.83. The van der Waals surface area contributed by atoms with Crippen LogP contribution in [0, 0.1) is 11.2 Å². The minimum atomic E-state index is -0.565. The molecule has 0 atom stereocenters. The van der Waals surface area contributed by atoms with E-state index in [2.05, 4.69) is 5.10 Å². The topological polar surface area (TPSA) is 76.9 Å². The summed E-state index contributed by atoms with van der Waals surface area (Å²) in [6.07, 6.45) is 3.22. The van der Waals surface area contributed by atoms with Gasteiger partial charge in [-0.1, -0.05) is 0 Å². The molecular formula is C13H15FN4O. The van der Waals surface area contributed by atoms with Crippen molar-refractivity contribution in [2.24, 2.45) is 5.73 Å². The zero-order valence-corrected chi connectivity index (χ0v) is 10.7. The monoisotopic (exact) mass is 262 g/mol. The zero-order chi connectivity index (χ0) is 14.0. The predicted octanol–water partition coefficient (Wildman–Crippen LogP) is 2.68. The fourth-order valence-electron chi connectivity index (χ4n) is 1.53. The summed E-state index contributed by atoms with van der Waals surface area (Å²) in [5.41, 5.74) is 5.61. The second kappa shape index (κ2) is 5.09. The van der Waals surface area contributed by atoms with Gasteiger partial charge in [-0.15, -0.1) is 0 Å². The van der Waals surface area contributed by atoms with Gasteiger partial charge in [0.25, 0.3) is 0 Å². The second-order valence-corrected chi connectivity index (χ2v) is 4.41. The average molecular weight is 262 g/mol. The molecule has 0 radical (unpaired) electrons. The summed E-state index contributed by atoms with van der Waals surface area (Å²) in [4.78, 5) is 0. The van der Waals surface area contributed by atoms with E-state index >= 15 is 0 Å². The van der Waals surface area contributed by atoms with E-state index in [1.807, 2.05) is 13.8 Å². The summed E-state index contributed by atoms with van der Waals surface area (Å²) in [6.45, 7) is 3.97. The molecule has 1 aromatic carbocycles. The van der Waals surface area contributed by atoms with E-state index in [1.54, 1.807) is 10.9 Å². The molecule has 0 bridgehead atoms. The Morgan fingerprint density at radius 3 is 2.74 bits per heavy atom. The Morgan fingerprint density at radius 1 is 1.47 bits per heavy atom. The van der Waals surface area contributed by atoms with Crippen LogP contribution in [0.15, 0.2) is 30.6 Å². The molecule has 0 unspecified atom stereocenters. The summed E-state index contributed by atoms with van der Waals surface area (Å²) in [5, 5.41) is 11.3. The maximum Gasteiger partial charge on any atom is 0.166 e. The molecule has 19 heavy (non-hydrogen) atoms. The van der Waals surface area contributed by atoms with Crippen LogP contribution in [0.4, 0.5) is 4.39 Å². The highest BCUT2D eigenvalue weighted by Crippen LogP contribution is 2.25. The van der Waals surface area contributed by atoms with Crippen LogP contribution in [0.1, 0.15) is 25.5 Å². The van der Waals surface area contributed by atoms with Crippen molar-refractivity contribution >= 4 is 5.84 Å². The number of benzene rings is 1. The van der Waals surface area contributed by atoms with Gasteiger partial charge in [-0.2, -0.15) is 5.10 Å². The number of hydrogen-bond donors (Lipinski definition) is 2. The lowest BCUT2D eigenvalue weighted by atomic mass is 10.2. The number of nitrogen functional groups attached to an aromatic ring is 1. The fraction of sp³-hybridized carbons (Fsp3) is 0.231. The lowest BCUT2D eigenvalue weighted by Crippen LogP contribution is -2.11. The number of amidine groups is 1. The number of ether oxygens (including phenoxy) is 1. The normalized spacial score (nSPS) is 10.7. The van der Waals surface area contributed by atoms with Crippen LogP contribution in [0.2, 0.25) is 0 Å². The van der Waals surface area contributed by atoms with Crippen molar-refractivity contribution in [2.45, 2.75) is 19.9 Å². The minimum Gasteiger partial charge on any atom is -0.451 e. The highest BCUT2D eigenvalue weighted by Gasteiger charge is 2.09. The van der Waals surface area contributed by atoms with Gasteiger partial charge in [-0.25, -0.2) is 4.39 Å². The van der Waals surface area contributed by atoms with Crippen LogP contribution in [-0.4, -0.2) is 15.6 Å². The number of halogens is 1. The molecular weight excluding hydrogens is 247 g/mol. The Hall–Kier alpha value is -2.37. The molecule has 2 rings (SSSR count). The lowest BCUT2D eigenvalue weighted by molar-refractivity contribution is 0.440. The van der Waals surface area contributed by atoms with Crippen LogP contribution in [0.3, 0.4) is 0 Å². The Kier molecular flexibility index (Phi) is 3.50. The number of rotatable bonds is 4. The molecule has 0 fully saturated rings. The molecule has 0 aliphatic heterocycles. The van der Waals surface area contributed by atoms with Gasteiger partial charge in [-0.3, -0.25) is 10.1 Å². The summed E-state index contributed by atoms with van der Waals surface area (Å²) in [7, 11) is 0. The molecule has 1 heterocycles. The molecule has 100 valence electrons. The van der Waals surface area contributed by atoms with Crippen LogP contribution >= 0.6 is 0 Å². The van der Waals surface area contributed by atoms with Crippen LogP contribution in [-0.2, 0) is 0 Å². The largest absolute Gasteiger partial charge is 0.451 e. The van der Waals surface area contributed by atoms with E-state index in [-0.39, 0.29) is 17.6 Å². The number of nitrogens with two attached hydrogens (primary N) is 1. The van der Waals surface area contributed by atoms with E-state index < -0.39 is 5.82 Å². The molecule has 0 saturated heterocycles. The third-order valence-corrected chi connectivity index (χ3v) is 2.58. The van der Waals surface area contributed by atoms with E-state index in [0.717, 1.165) is 0 Å². The van der Waals surface area contributed by atoms with Crippen LogP contribution in [0.25, 0.3) is 0 Å². The van der Waals surface area contributed by atoms with Gasteiger partial charge in [0.15, 0.2) is 17.3 Å². The third kappa shape index (κ3) is 2.90.